The number of urea groups is 1. The number of rotatable bonds is 10. The van der Waals surface area contributed by atoms with E-state index in [-0.39, 0.29) is 12.4 Å². The minimum Gasteiger partial charge on any atom is -0.400 e. The summed E-state index contributed by atoms with van der Waals surface area (Å²) in [6.45, 7) is 4.90. The maximum absolute atomic E-state index is 13.0. The van der Waals surface area contributed by atoms with Crippen molar-refractivity contribution in [1.29, 1.82) is 5.41 Å². The van der Waals surface area contributed by atoms with Gasteiger partial charge in [-0.3, -0.25) is 15.3 Å². The molecule has 0 bridgehead atoms. The number of carbonyl (C=O) groups is 1. The van der Waals surface area contributed by atoms with Crippen molar-refractivity contribution >= 4 is 40.9 Å². The highest BCUT2D eigenvalue weighted by Gasteiger charge is 2.31. The lowest BCUT2D eigenvalue weighted by atomic mass is 10.0. The summed E-state index contributed by atoms with van der Waals surface area (Å²) in [5.41, 5.74) is 10.4. The quantitative estimate of drug-likeness (QED) is 0.170. The van der Waals surface area contributed by atoms with Crippen LogP contribution in [0.5, 0.6) is 0 Å². The third-order valence-corrected chi connectivity index (χ3v) is 7.77. The third kappa shape index (κ3) is 12.6. The van der Waals surface area contributed by atoms with Crippen molar-refractivity contribution in [3.05, 3.63) is 81.5 Å². The van der Waals surface area contributed by atoms with Crippen LogP contribution in [0.3, 0.4) is 0 Å². The lowest BCUT2D eigenvalue weighted by molar-refractivity contribution is -0.135. The number of thioether (sulfide) groups is 1. The highest BCUT2D eigenvalue weighted by molar-refractivity contribution is 7.98. The first-order chi connectivity index (χ1) is 20.5. The molecule has 0 aliphatic carbocycles. The monoisotopic (exact) mass is 638 g/mol. The van der Waals surface area contributed by atoms with Gasteiger partial charge in [0.05, 0.1) is 25.2 Å². The van der Waals surface area contributed by atoms with Crippen LogP contribution in [0.1, 0.15) is 49.8 Å². The van der Waals surface area contributed by atoms with Gasteiger partial charge in [0.15, 0.2) is 0 Å². The van der Waals surface area contributed by atoms with Crippen molar-refractivity contribution in [2.75, 3.05) is 38.2 Å². The number of amides is 2. The van der Waals surface area contributed by atoms with Crippen molar-refractivity contribution < 1.29 is 18.0 Å². The van der Waals surface area contributed by atoms with Crippen molar-refractivity contribution in [2.24, 2.45) is 10.7 Å². The molecule has 12 heteroatoms. The number of piperidine rings is 1. The van der Waals surface area contributed by atoms with Crippen LogP contribution < -0.4 is 16.4 Å². The van der Waals surface area contributed by atoms with Gasteiger partial charge in [-0.1, -0.05) is 67.9 Å². The second-order valence-electron chi connectivity index (χ2n) is 9.85. The number of nitrogens with zero attached hydrogens (tertiary/aromatic N) is 2. The molecule has 0 radical (unpaired) electrons. The van der Waals surface area contributed by atoms with E-state index >= 15 is 0 Å². The van der Waals surface area contributed by atoms with E-state index in [1.165, 1.54) is 12.2 Å². The summed E-state index contributed by atoms with van der Waals surface area (Å²) in [6, 6.07) is 13.4. The van der Waals surface area contributed by atoms with Gasteiger partial charge in [-0.2, -0.15) is 24.9 Å². The van der Waals surface area contributed by atoms with Crippen LogP contribution in [-0.4, -0.2) is 66.8 Å². The molecule has 1 aliphatic rings. The number of hydrogen-bond acceptors (Lipinski definition) is 6. The number of halogens is 4. The molecule has 1 saturated heterocycles. The number of nitrogens with one attached hydrogen (secondary N) is 3. The number of benzene rings is 2. The van der Waals surface area contributed by atoms with Gasteiger partial charge in [0, 0.05) is 29.4 Å². The van der Waals surface area contributed by atoms with Gasteiger partial charge >= 0.3 is 12.2 Å². The second-order valence-corrected chi connectivity index (χ2v) is 11.2. The molecule has 43 heavy (non-hydrogen) atoms. The van der Waals surface area contributed by atoms with Crippen molar-refractivity contribution in [2.45, 2.75) is 52.3 Å². The van der Waals surface area contributed by atoms with Crippen LogP contribution >= 0.6 is 23.4 Å². The fourth-order valence-electron chi connectivity index (χ4n) is 4.16. The molecule has 5 N–H and O–H groups in total. The van der Waals surface area contributed by atoms with E-state index in [1.54, 1.807) is 30.3 Å². The molecule has 0 unspecified atom stereocenters. The normalized spacial score (nSPS) is 15.4. The Morgan fingerprint density at radius 2 is 1.88 bits per heavy atom. The van der Waals surface area contributed by atoms with E-state index in [9.17, 15) is 18.0 Å². The fourth-order valence-corrected chi connectivity index (χ4v) is 4.76. The second kappa shape index (κ2) is 18.6. The molecular formula is C31H42ClF3N6OS. The van der Waals surface area contributed by atoms with E-state index in [0.717, 1.165) is 33.7 Å². The summed E-state index contributed by atoms with van der Waals surface area (Å²) in [6.07, 6.45) is -0.922. The lowest BCUT2D eigenvalue weighted by Crippen LogP contribution is -2.46. The predicted molar refractivity (Wildman–Crippen MR) is 173 cm³/mol. The van der Waals surface area contributed by atoms with Crippen LogP contribution in [0.25, 0.3) is 0 Å². The Kier molecular flexibility index (Phi) is 15.6. The minimum absolute atomic E-state index is 0.0934. The smallest absolute Gasteiger partial charge is 0.390 e. The minimum atomic E-state index is -4.48. The van der Waals surface area contributed by atoms with Gasteiger partial charge < -0.3 is 16.4 Å². The Labute approximate surface area is 262 Å². The first kappa shape index (κ1) is 36.2. The Morgan fingerprint density at radius 1 is 1.19 bits per heavy atom. The molecule has 7 nitrogen and oxygen atoms in total. The molecule has 0 aromatic heterocycles. The number of hydrogen-bond donors (Lipinski definition) is 4. The number of nitrogens with two attached hydrogens (primary N) is 1. The molecule has 236 valence electrons. The first-order valence-corrected chi connectivity index (χ1v) is 16.0. The van der Waals surface area contributed by atoms with Crippen LogP contribution in [0.4, 0.5) is 18.0 Å². The van der Waals surface area contributed by atoms with Crippen LogP contribution in [0.15, 0.2) is 64.8 Å². The standard InChI is InChI=1S/C27H32ClF3N6O.C4H10S/c1-2-18-7-9-19(10-8-18)25(33)37(14-12-27(29,30)31)26(38)36-16-23(32)21-11-13-34-17-24(21)35-15-20-5-3-4-6-22(20)28;1-3-4-5-2/h3-10,33-34H,2,11-17,32H2,1H3,(H,36,38);3-4H2,1-2H3/b23-21-,33-25?,35-24?;. The van der Waals surface area contributed by atoms with Crippen LogP contribution in [-0.2, 0) is 13.0 Å². The van der Waals surface area contributed by atoms with E-state index in [2.05, 4.69) is 28.8 Å². The zero-order valence-electron chi connectivity index (χ0n) is 25.0. The highest BCUT2D eigenvalue weighted by atomic mass is 35.5. The summed E-state index contributed by atoms with van der Waals surface area (Å²) >= 11 is 8.13. The topological polar surface area (TPSA) is 107 Å². The maximum atomic E-state index is 13.0. The zero-order chi connectivity index (χ0) is 31.8. The average Bonchev–Trinajstić information content (AvgIpc) is 2.99. The van der Waals surface area contributed by atoms with Gasteiger partial charge in [0.2, 0.25) is 0 Å². The Morgan fingerprint density at radius 3 is 2.47 bits per heavy atom. The molecule has 1 aliphatic heterocycles. The number of carbonyl (C=O) groups excluding carboxylic acids is 1. The summed E-state index contributed by atoms with van der Waals surface area (Å²) in [7, 11) is 0. The molecular weight excluding hydrogens is 597 g/mol. The molecule has 3 rings (SSSR count). The molecule has 1 heterocycles. The predicted octanol–water partition coefficient (Wildman–Crippen LogP) is 6.80. The average molecular weight is 639 g/mol. The van der Waals surface area contributed by atoms with E-state index in [4.69, 9.17) is 22.7 Å². The highest BCUT2D eigenvalue weighted by Crippen LogP contribution is 2.21. The third-order valence-electron chi connectivity index (χ3n) is 6.59. The van der Waals surface area contributed by atoms with Gasteiger partial charge in [0.1, 0.15) is 5.84 Å². The lowest BCUT2D eigenvalue weighted by Gasteiger charge is -2.25. The number of aryl methyl sites for hydroxylation is 1. The van der Waals surface area contributed by atoms with Crippen molar-refractivity contribution in [1.82, 2.24) is 15.5 Å². The summed E-state index contributed by atoms with van der Waals surface area (Å²) in [5.74, 6) is 0.990. The van der Waals surface area contributed by atoms with E-state index in [1.807, 2.05) is 36.9 Å². The van der Waals surface area contributed by atoms with Crippen molar-refractivity contribution in [3.63, 3.8) is 0 Å². The Hall–Kier alpha value is -3.02. The first-order valence-electron chi connectivity index (χ1n) is 14.2. The van der Waals surface area contributed by atoms with Gasteiger partial charge in [0.25, 0.3) is 0 Å². The molecule has 0 atom stereocenters. The number of alkyl halides is 3. The van der Waals surface area contributed by atoms with Crippen LogP contribution in [0.2, 0.25) is 5.02 Å². The molecule has 2 aromatic carbocycles. The Balaban J connectivity index is 0.00000119. The summed E-state index contributed by atoms with van der Waals surface area (Å²) in [5, 5.41) is 14.9. The molecule has 2 aromatic rings. The summed E-state index contributed by atoms with van der Waals surface area (Å²) in [4.78, 5) is 18.4. The van der Waals surface area contributed by atoms with Crippen LogP contribution in [0, 0.1) is 5.41 Å². The van der Waals surface area contributed by atoms with Gasteiger partial charge in [-0.15, -0.1) is 0 Å². The van der Waals surface area contributed by atoms with E-state index < -0.39 is 25.2 Å². The zero-order valence-corrected chi connectivity index (χ0v) is 26.6. The van der Waals surface area contributed by atoms with Gasteiger partial charge in [-0.05, 0) is 60.6 Å². The van der Waals surface area contributed by atoms with Gasteiger partial charge in [-0.25, -0.2) is 4.79 Å². The van der Waals surface area contributed by atoms with E-state index in [0.29, 0.717) is 42.3 Å². The molecule has 2 amide bonds. The maximum Gasteiger partial charge on any atom is 0.390 e. The molecule has 1 fully saturated rings. The number of aliphatic imine (C=N–C) groups is 1. The summed E-state index contributed by atoms with van der Waals surface area (Å²) < 4.78 is 38.9. The molecule has 0 spiro atoms. The SMILES string of the molecule is CCCSC.CCc1ccc(C(=N)N(CCC(F)(F)F)C(=O)NC/C(N)=C2\CCNCC2=NCc2ccccc2Cl)cc1. The fraction of sp³-hybridized carbons (Fsp3) is 0.452. The molecule has 0 saturated carbocycles. The Bertz CT molecular complexity index is 1250. The largest absolute Gasteiger partial charge is 0.400 e. The van der Waals surface area contributed by atoms with Crippen molar-refractivity contribution in [3.8, 4) is 0 Å². The number of amidine groups is 1.